The molecule has 0 aromatic heterocycles. The van der Waals surface area contributed by atoms with Crippen LogP contribution < -0.4 is 10.1 Å². The first-order chi connectivity index (χ1) is 20.3. The number of methoxy groups -OCH3 is 1. The Labute approximate surface area is 247 Å². The number of hydrogen-bond acceptors (Lipinski definition) is 11. The van der Waals surface area contributed by atoms with E-state index in [0.717, 1.165) is 32.1 Å². The van der Waals surface area contributed by atoms with Gasteiger partial charge in [-0.2, -0.15) is 0 Å². The highest BCUT2D eigenvalue weighted by Gasteiger charge is 2.48. The molecule has 1 aliphatic carbocycles. The first-order valence-corrected chi connectivity index (χ1v) is 14.6. The molecule has 42 heavy (non-hydrogen) atoms. The number of esters is 4. The average molecular weight is 587 g/mol. The highest BCUT2D eigenvalue weighted by molar-refractivity contribution is 6.09. The van der Waals surface area contributed by atoms with Gasteiger partial charge in [0.15, 0.2) is 6.04 Å². The van der Waals surface area contributed by atoms with Gasteiger partial charge in [-0.25, -0.2) is 19.2 Å². The van der Waals surface area contributed by atoms with E-state index >= 15 is 0 Å². The summed E-state index contributed by atoms with van der Waals surface area (Å²) in [4.78, 5) is 56.3. The molecule has 230 valence electrons. The van der Waals surface area contributed by atoms with Crippen molar-refractivity contribution in [1.29, 1.82) is 0 Å². The number of rotatable bonds is 13. The lowest BCUT2D eigenvalue weighted by Crippen LogP contribution is -2.52. The summed E-state index contributed by atoms with van der Waals surface area (Å²) in [6.45, 7) is 6.61. The van der Waals surface area contributed by atoms with Crippen LogP contribution in [0, 0.1) is 0 Å². The third kappa shape index (κ3) is 7.63. The van der Waals surface area contributed by atoms with Gasteiger partial charge < -0.3 is 33.9 Å². The highest BCUT2D eigenvalue weighted by atomic mass is 16.5. The van der Waals surface area contributed by atoms with Crippen LogP contribution in [-0.4, -0.2) is 74.4 Å². The number of carbonyl (C=O) groups is 4. The number of hydrogen-bond donors (Lipinski definition) is 1. The van der Waals surface area contributed by atoms with E-state index in [1.165, 1.54) is 4.90 Å². The summed E-state index contributed by atoms with van der Waals surface area (Å²) in [5.41, 5.74) is 0.201. The summed E-state index contributed by atoms with van der Waals surface area (Å²) >= 11 is 0. The number of nitrogens with one attached hydrogen (secondary N) is 1. The Bertz CT molecular complexity index is 1180. The maximum Gasteiger partial charge on any atom is 0.355 e. The minimum Gasteiger partial charge on any atom is -0.497 e. The van der Waals surface area contributed by atoms with Gasteiger partial charge in [-0.1, -0.05) is 31.4 Å². The second-order valence-electron chi connectivity index (χ2n) is 9.78. The topological polar surface area (TPSA) is 130 Å². The van der Waals surface area contributed by atoms with E-state index in [9.17, 15) is 19.2 Å². The molecule has 2 aliphatic rings. The van der Waals surface area contributed by atoms with Crippen molar-refractivity contribution >= 4 is 23.9 Å². The Balaban J connectivity index is 2.37. The molecule has 1 atom stereocenters. The third-order valence-electron chi connectivity index (χ3n) is 7.05. The molecule has 0 amide bonds. The standard InChI is InChI=1S/C31H42N2O9/c1-6-39-28(34)23-25(32-21-13-11-10-12-14-21)24(29(35)40-7-2)27(31(37)42-9-4)33(26(23)30(36)41-8-3)19-20-15-17-22(38-5)18-16-20/h15-18,21,26,32H,6-14,19H2,1-5H3. The summed E-state index contributed by atoms with van der Waals surface area (Å²) < 4.78 is 27.0. The number of ether oxygens (including phenoxy) is 5. The average Bonchev–Trinajstić information content (AvgIpc) is 2.98. The Morgan fingerprint density at radius 2 is 1.36 bits per heavy atom. The van der Waals surface area contributed by atoms with E-state index < -0.39 is 29.9 Å². The molecule has 1 aromatic carbocycles. The van der Waals surface area contributed by atoms with Gasteiger partial charge in [0.05, 0.1) is 44.8 Å². The fourth-order valence-corrected chi connectivity index (χ4v) is 5.23. The van der Waals surface area contributed by atoms with E-state index in [-0.39, 0.29) is 61.6 Å². The second kappa shape index (κ2) is 15.8. The molecule has 1 N–H and O–H groups in total. The molecule has 0 bridgehead atoms. The SMILES string of the molecule is CCOC(=O)C1=C(C(=O)OCC)N(Cc2ccc(OC)cc2)C(C(=O)OCC)C(C(=O)OCC)=C1NC1CCCCC1. The Kier molecular flexibility index (Phi) is 12.3. The van der Waals surface area contributed by atoms with E-state index in [2.05, 4.69) is 5.32 Å². The first-order valence-electron chi connectivity index (χ1n) is 14.6. The van der Waals surface area contributed by atoms with Gasteiger partial charge in [0, 0.05) is 12.6 Å². The van der Waals surface area contributed by atoms with Crippen LogP contribution in [0.2, 0.25) is 0 Å². The zero-order chi connectivity index (χ0) is 30.6. The van der Waals surface area contributed by atoms with Crippen molar-refractivity contribution in [1.82, 2.24) is 10.2 Å². The fourth-order valence-electron chi connectivity index (χ4n) is 5.23. The van der Waals surface area contributed by atoms with Crippen LogP contribution in [0.1, 0.15) is 65.4 Å². The van der Waals surface area contributed by atoms with Crippen LogP contribution in [0.3, 0.4) is 0 Å². The Hall–Kier alpha value is -4.02. The first kappa shape index (κ1) is 32.5. The maximum atomic E-state index is 13.7. The van der Waals surface area contributed by atoms with E-state index in [1.54, 1.807) is 59.1 Å². The van der Waals surface area contributed by atoms with Crippen molar-refractivity contribution in [3.05, 3.63) is 52.4 Å². The lowest BCUT2D eigenvalue weighted by atomic mass is 9.88. The van der Waals surface area contributed by atoms with Crippen LogP contribution in [-0.2, 0) is 44.7 Å². The normalized spacial score (nSPS) is 17.5. The molecule has 1 saturated carbocycles. The molecule has 0 radical (unpaired) electrons. The predicted molar refractivity (Wildman–Crippen MR) is 153 cm³/mol. The quantitative estimate of drug-likeness (QED) is 0.269. The molecular formula is C31H42N2O9. The summed E-state index contributed by atoms with van der Waals surface area (Å²) in [5.74, 6) is -2.64. The lowest BCUT2D eigenvalue weighted by Gasteiger charge is -2.40. The number of benzene rings is 1. The Morgan fingerprint density at radius 3 is 1.93 bits per heavy atom. The van der Waals surface area contributed by atoms with Crippen LogP contribution in [0.15, 0.2) is 46.8 Å². The monoisotopic (exact) mass is 586 g/mol. The van der Waals surface area contributed by atoms with Crippen LogP contribution in [0.4, 0.5) is 0 Å². The third-order valence-corrected chi connectivity index (χ3v) is 7.05. The molecule has 1 aromatic rings. The summed E-state index contributed by atoms with van der Waals surface area (Å²) in [6, 6.07) is 5.46. The molecule has 3 rings (SSSR count). The molecule has 1 heterocycles. The Morgan fingerprint density at radius 1 is 0.786 bits per heavy atom. The zero-order valence-electron chi connectivity index (χ0n) is 25.2. The highest BCUT2D eigenvalue weighted by Crippen LogP contribution is 2.37. The van der Waals surface area contributed by atoms with Crippen molar-refractivity contribution in [2.24, 2.45) is 0 Å². The van der Waals surface area contributed by atoms with Gasteiger partial charge in [0.1, 0.15) is 17.0 Å². The molecule has 11 nitrogen and oxygen atoms in total. The van der Waals surface area contributed by atoms with Crippen molar-refractivity contribution in [2.45, 2.75) is 78.4 Å². The van der Waals surface area contributed by atoms with Crippen LogP contribution >= 0.6 is 0 Å². The zero-order valence-corrected chi connectivity index (χ0v) is 25.2. The molecule has 0 saturated heterocycles. The van der Waals surface area contributed by atoms with Crippen molar-refractivity contribution in [3.63, 3.8) is 0 Å². The molecule has 0 spiro atoms. The van der Waals surface area contributed by atoms with Crippen molar-refractivity contribution in [3.8, 4) is 5.75 Å². The second-order valence-corrected chi connectivity index (χ2v) is 9.78. The van der Waals surface area contributed by atoms with Gasteiger partial charge in [-0.3, -0.25) is 0 Å². The largest absolute Gasteiger partial charge is 0.497 e. The minimum atomic E-state index is -1.42. The number of carbonyl (C=O) groups excluding carboxylic acids is 4. The van der Waals surface area contributed by atoms with Gasteiger partial charge in [-0.05, 0) is 58.2 Å². The smallest absolute Gasteiger partial charge is 0.355 e. The molecule has 1 aliphatic heterocycles. The number of nitrogens with zero attached hydrogens (tertiary/aromatic N) is 1. The maximum absolute atomic E-state index is 13.7. The van der Waals surface area contributed by atoms with E-state index in [1.807, 2.05) is 0 Å². The van der Waals surface area contributed by atoms with Crippen molar-refractivity contribution in [2.75, 3.05) is 33.5 Å². The lowest BCUT2D eigenvalue weighted by molar-refractivity contribution is -0.153. The van der Waals surface area contributed by atoms with Gasteiger partial charge in [0.25, 0.3) is 0 Å². The molecule has 11 heteroatoms. The van der Waals surface area contributed by atoms with Crippen molar-refractivity contribution < 1.29 is 42.9 Å². The van der Waals surface area contributed by atoms with E-state index in [4.69, 9.17) is 23.7 Å². The molecule has 1 fully saturated rings. The minimum absolute atomic E-state index is 0.0126. The summed E-state index contributed by atoms with van der Waals surface area (Å²) in [5, 5.41) is 3.35. The van der Waals surface area contributed by atoms with Gasteiger partial charge in [0.2, 0.25) is 0 Å². The summed E-state index contributed by atoms with van der Waals surface area (Å²) in [6.07, 6.45) is 4.54. The van der Waals surface area contributed by atoms with Crippen LogP contribution in [0.5, 0.6) is 5.75 Å². The predicted octanol–water partition coefficient (Wildman–Crippen LogP) is 3.56. The van der Waals surface area contributed by atoms with Gasteiger partial charge >= 0.3 is 23.9 Å². The van der Waals surface area contributed by atoms with Crippen LogP contribution in [0.25, 0.3) is 0 Å². The summed E-state index contributed by atoms with van der Waals surface area (Å²) in [7, 11) is 1.54. The molecule has 1 unspecified atom stereocenters. The molecular weight excluding hydrogens is 544 g/mol. The van der Waals surface area contributed by atoms with Gasteiger partial charge in [-0.15, -0.1) is 0 Å². The fraction of sp³-hybridized carbons (Fsp3) is 0.548. The van der Waals surface area contributed by atoms with E-state index in [0.29, 0.717) is 11.3 Å².